The maximum Gasteiger partial charge on any atom is 0.373 e. The highest BCUT2D eigenvalue weighted by molar-refractivity contribution is 5.92. The van der Waals surface area contributed by atoms with Crippen LogP contribution in [0.3, 0.4) is 0 Å². The molecule has 5 heteroatoms. The van der Waals surface area contributed by atoms with Gasteiger partial charge in [-0.05, 0) is 13.0 Å². The maximum atomic E-state index is 10.9. The predicted octanol–water partition coefficient (Wildman–Crippen LogP) is 3.09. The SMILES string of the molecule is Cc1nc(-c2coc3ccccc23)oc1C(=O)O. The standard InChI is InChI=1S/C13H9NO4/c1-7-11(13(15)16)18-12(14-7)9-6-17-10-5-3-2-4-8(9)10/h2-6H,1H3,(H,15,16). The van der Waals surface area contributed by atoms with Crippen LogP contribution in [-0.4, -0.2) is 16.1 Å². The van der Waals surface area contributed by atoms with E-state index in [1.54, 1.807) is 6.92 Å². The zero-order valence-corrected chi connectivity index (χ0v) is 9.51. The van der Waals surface area contributed by atoms with Crippen molar-refractivity contribution in [1.29, 1.82) is 0 Å². The summed E-state index contributed by atoms with van der Waals surface area (Å²) in [5, 5.41) is 9.78. The third kappa shape index (κ3) is 1.48. The van der Waals surface area contributed by atoms with Crippen molar-refractivity contribution in [3.05, 3.63) is 42.0 Å². The molecule has 0 bridgehead atoms. The van der Waals surface area contributed by atoms with E-state index in [2.05, 4.69) is 4.98 Å². The summed E-state index contributed by atoms with van der Waals surface area (Å²) in [5.74, 6) is -1.01. The molecule has 18 heavy (non-hydrogen) atoms. The fourth-order valence-corrected chi connectivity index (χ4v) is 1.85. The average Bonchev–Trinajstić information content (AvgIpc) is 2.92. The van der Waals surface area contributed by atoms with Crippen LogP contribution in [-0.2, 0) is 0 Å². The minimum absolute atomic E-state index is 0.143. The molecule has 0 saturated heterocycles. The molecule has 1 aromatic carbocycles. The van der Waals surface area contributed by atoms with E-state index in [1.807, 2.05) is 24.3 Å². The lowest BCUT2D eigenvalue weighted by atomic mass is 10.2. The summed E-state index contributed by atoms with van der Waals surface area (Å²) >= 11 is 0. The van der Waals surface area contributed by atoms with Crippen molar-refractivity contribution in [3.8, 4) is 11.5 Å². The zero-order valence-electron chi connectivity index (χ0n) is 9.51. The van der Waals surface area contributed by atoms with Crippen molar-refractivity contribution in [2.75, 3.05) is 0 Å². The first-order valence-electron chi connectivity index (χ1n) is 5.34. The minimum Gasteiger partial charge on any atom is -0.475 e. The molecule has 0 fully saturated rings. The summed E-state index contributed by atoms with van der Waals surface area (Å²) in [6.45, 7) is 1.60. The summed E-state index contributed by atoms with van der Waals surface area (Å²) in [4.78, 5) is 15.0. The molecular weight excluding hydrogens is 234 g/mol. The summed E-state index contributed by atoms with van der Waals surface area (Å²) < 4.78 is 10.6. The van der Waals surface area contributed by atoms with Crippen LogP contribution in [0.15, 0.2) is 39.4 Å². The highest BCUT2D eigenvalue weighted by Gasteiger charge is 2.19. The van der Waals surface area contributed by atoms with Crippen molar-refractivity contribution in [1.82, 2.24) is 4.98 Å². The Kier molecular flexibility index (Phi) is 2.19. The second kappa shape index (κ2) is 3.73. The van der Waals surface area contributed by atoms with Crippen LogP contribution in [0, 0.1) is 6.92 Å². The highest BCUT2D eigenvalue weighted by Crippen LogP contribution is 2.30. The van der Waals surface area contributed by atoms with Gasteiger partial charge in [-0.25, -0.2) is 9.78 Å². The number of oxazole rings is 1. The molecule has 90 valence electrons. The van der Waals surface area contributed by atoms with Crippen molar-refractivity contribution in [3.63, 3.8) is 0 Å². The molecule has 0 aliphatic rings. The maximum absolute atomic E-state index is 10.9. The van der Waals surface area contributed by atoms with E-state index in [4.69, 9.17) is 13.9 Å². The molecule has 0 spiro atoms. The van der Waals surface area contributed by atoms with Crippen molar-refractivity contribution in [2.45, 2.75) is 6.92 Å². The number of hydrogen-bond donors (Lipinski definition) is 1. The summed E-state index contributed by atoms with van der Waals surface area (Å²) in [5.41, 5.74) is 1.71. The quantitative estimate of drug-likeness (QED) is 0.748. The molecular formula is C13H9NO4. The molecule has 0 atom stereocenters. The smallest absolute Gasteiger partial charge is 0.373 e. The molecule has 0 saturated carbocycles. The number of para-hydroxylation sites is 1. The number of carboxylic acids is 1. The Labute approximate surface area is 102 Å². The molecule has 3 aromatic rings. The van der Waals surface area contributed by atoms with Gasteiger partial charge in [0, 0.05) is 5.39 Å². The van der Waals surface area contributed by atoms with Crippen molar-refractivity contribution < 1.29 is 18.7 Å². The number of rotatable bonds is 2. The third-order valence-electron chi connectivity index (χ3n) is 2.70. The summed E-state index contributed by atoms with van der Waals surface area (Å²) in [6.07, 6.45) is 1.52. The number of fused-ring (bicyclic) bond motifs is 1. The van der Waals surface area contributed by atoms with Gasteiger partial charge in [-0.1, -0.05) is 18.2 Å². The van der Waals surface area contributed by atoms with Gasteiger partial charge in [0.1, 0.15) is 11.8 Å². The van der Waals surface area contributed by atoms with Gasteiger partial charge in [-0.15, -0.1) is 0 Å². The number of furan rings is 1. The van der Waals surface area contributed by atoms with E-state index in [9.17, 15) is 4.79 Å². The van der Waals surface area contributed by atoms with Crippen LogP contribution in [0.5, 0.6) is 0 Å². The largest absolute Gasteiger partial charge is 0.475 e. The van der Waals surface area contributed by atoms with Gasteiger partial charge in [-0.3, -0.25) is 0 Å². The van der Waals surface area contributed by atoms with Crippen LogP contribution in [0.25, 0.3) is 22.4 Å². The van der Waals surface area contributed by atoms with Crippen molar-refractivity contribution >= 4 is 16.9 Å². The normalized spacial score (nSPS) is 10.9. The number of aryl methyl sites for hydroxylation is 1. The monoisotopic (exact) mass is 243 g/mol. The van der Waals surface area contributed by atoms with Gasteiger partial charge in [0.2, 0.25) is 11.7 Å². The molecule has 2 aromatic heterocycles. The van der Waals surface area contributed by atoms with Gasteiger partial charge in [0.15, 0.2) is 0 Å². The van der Waals surface area contributed by atoms with E-state index in [-0.39, 0.29) is 11.7 Å². The van der Waals surface area contributed by atoms with E-state index in [1.165, 1.54) is 6.26 Å². The molecule has 0 unspecified atom stereocenters. The molecule has 5 nitrogen and oxygen atoms in total. The number of benzene rings is 1. The van der Waals surface area contributed by atoms with Crippen LogP contribution in [0.1, 0.15) is 16.2 Å². The molecule has 2 heterocycles. The summed E-state index contributed by atoms with van der Waals surface area (Å²) in [6, 6.07) is 7.43. The zero-order chi connectivity index (χ0) is 12.7. The molecule has 3 rings (SSSR count). The van der Waals surface area contributed by atoms with Crippen molar-refractivity contribution in [2.24, 2.45) is 0 Å². The Balaban J connectivity index is 2.20. The number of carboxylic acid groups (broad SMARTS) is 1. The molecule has 0 aliphatic heterocycles. The van der Waals surface area contributed by atoms with Gasteiger partial charge < -0.3 is 13.9 Å². The highest BCUT2D eigenvalue weighted by atomic mass is 16.4. The first-order chi connectivity index (χ1) is 8.66. The number of aromatic nitrogens is 1. The minimum atomic E-state index is -1.13. The number of hydrogen-bond acceptors (Lipinski definition) is 4. The second-order valence-corrected chi connectivity index (χ2v) is 3.88. The third-order valence-corrected chi connectivity index (χ3v) is 2.70. The van der Waals surface area contributed by atoms with Gasteiger partial charge >= 0.3 is 5.97 Å². The molecule has 0 amide bonds. The number of carbonyl (C=O) groups is 1. The Bertz CT molecular complexity index is 738. The van der Waals surface area contributed by atoms with Crippen LogP contribution in [0.4, 0.5) is 0 Å². The predicted molar refractivity (Wildman–Crippen MR) is 63.4 cm³/mol. The van der Waals surface area contributed by atoms with E-state index in [0.29, 0.717) is 16.8 Å². The lowest BCUT2D eigenvalue weighted by Gasteiger charge is -1.90. The van der Waals surface area contributed by atoms with E-state index >= 15 is 0 Å². The van der Waals surface area contributed by atoms with Crippen LogP contribution in [0.2, 0.25) is 0 Å². The van der Waals surface area contributed by atoms with Gasteiger partial charge in [0.25, 0.3) is 0 Å². The summed E-state index contributed by atoms with van der Waals surface area (Å²) in [7, 11) is 0. The molecule has 1 N–H and O–H groups in total. The fraction of sp³-hybridized carbons (Fsp3) is 0.0769. The second-order valence-electron chi connectivity index (χ2n) is 3.88. The Morgan fingerprint density at radius 2 is 2.11 bits per heavy atom. The lowest BCUT2D eigenvalue weighted by molar-refractivity contribution is 0.0662. The molecule has 0 aliphatic carbocycles. The first-order valence-corrected chi connectivity index (χ1v) is 5.34. The number of nitrogens with zero attached hydrogens (tertiary/aromatic N) is 1. The number of aromatic carboxylic acids is 1. The van der Waals surface area contributed by atoms with Crippen LogP contribution >= 0.6 is 0 Å². The molecule has 0 radical (unpaired) electrons. The first kappa shape index (κ1) is 10.6. The Morgan fingerprint density at radius 1 is 1.33 bits per heavy atom. The van der Waals surface area contributed by atoms with Crippen LogP contribution < -0.4 is 0 Å². The Morgan fingerprint density at radius 3 is 2.83 bits per heavy atom. The van der Waals surface area contributed by atoms with Gasteiger partial charge in [0.05, 0.1) is 11.3 Å². The average molecular weight is 243 g/mol. The van der Waals surface area contributed by atoms with E-state index in [0.717, 1.165) is 5.39 Å². The Hall–Kier alpha value is -2.56. The lowest BCUT2D eigenvalue weighted by Crippen LogP contribution is -1.95. The van der Waals surface area contributed by atoms with E-state index < -0.39 is 5.97 Å². The fourth-order valence-electron chi connectivity index (χ4n) is 1.85. The van der Waals surface area contributed by atoms with Gasteiger partial charge in [-0.2, -0.15) is 0 Å². The topological polar surface area (TPSA) is 76.5 Å².